The molecule has 3 heterocycles. The van der Waals surface area contributed by atoms with Crippen molar-refractivity contribution in [1.29, 1.82) is 0 Å². The lowest BCUT2D eigenvalue weighted by Crippen LogP contribution is -2.36. The van der Waals surface area contributed by atoms with Crippen LogP contribution in [0.1, 0.15) is 27.3 Å². The minimum absolute atomic E-state index is 0.127. The lowest BCUT2D eigenvalue weighted by atomic mass is 10.1. The highest BCUT2D eigenvalue weighted by molar-refractivity contribution is 7.91. The van der Waals surface area contributed by atoms with Crippen LogP contribution < -0.4 is 4.90 Å². The highest BCUT2D eigenvalue weighted by Crippen LogP contribution is 2.32. The number of sulfonamides is 1. The van der Waals surface area contributed by atoms with E-state index in [2.05, 4.69) is 5.10 Å². The molecule has 1 aliphatic heterocycles. The fourth-order valence-electron chi connectivity index (χ4n) is 4.33. The average molecular weight is 545 g/mol. The summed E-state index contributed by atoms with van der Waals surface area (Å²) in [7, 11) is -1.90. The summed E-state index contributed by atoms with van der Waals surface area (Å²) in [5.74, 6) is -0.737. The Hall–Kier alpha value is -3.05. The van der Waals surface area contributed by atoms with Crippen LogP contribution in [0, 0.1) is 5.82 Å². The molecule has 0 unspecified atom stereocenters. The van der Waals surface area contributed by atoms with E-state index in [4.69, 9.17) is 11.6 Å². The van der Waals surface area contributed by atoms with Gasteiger partial charge in [-0.25, -0.2) is 12.8 Å². The summed E-state index contributed by atoms with van der Waals surface area (Å²) < 4.78 is 43.7. The second-order valence-electron chi connectivity index (χ2n) is 8.38. The summed E-state index contributed by atoms with van der Waals surface area (Å²) in [6.45, 7) is 0.590. The maximum atomic E-state index is 13.5. The lowest BCUT2D eigenvalue weighted by molar-refractivity contribution is 0.0984. The van der Waals surface area contributed by atoms with Crippen molar-refractivity contribution in [3.05, 3.63) is 99.4 Å². The minimum Gasteiger partial charge on any atom is -0.302 e. The van der Waals surface area contributed by atoms with Gasteiger partial charge >= 0.3 is 0 Å². The first-order valence-electron chi connectivity index (χ1n) is 11.2. The zero-order valence-electron chi connectivity index (χ0n) is 19.3. The zero-order chi connectivity index (χ0) is 25.4. The van der Waals surface area contributed by atoms with Crippen LogP contribution >= 0.6 is 22.9 Å². The lowest BCUT2D eigenvalue weighted by Gasteiger charge is -2.27. The Morgan fingerprint density at radius 2 is 1.83 bits per heavy atom. The quantitative estimate of drug-likeness (QED) is 0.347. The Balaban J connectivity index is 1.49. The molecule has 0 bridgehead atoms. The molecule has 2 aromatic carbocycles. The smallest absolute Gasteiger partial charge is 0.258 e. The molecule has 36 heavy (non-hydrogen) atoms. The molecule has 4 aromatic rings. The second-order valence-corrected chi connectivity index (χ2v) is 12.3. The van der Waals surface area contributed by atoms with Crippen LogP contribution in [0.3, 0.4) is 0 Å². The number of anilines is 1. The van der Waals surface area contributed by atoms with Crippen LogP contribution in [-0.2, 0) is 36.6 Å². The van der Waals surface area contributed by atoms with Crippen molar-refractivity contribution in [2.75, 3.05) is 11.4 Å². The SMILES string of the molecule is Cn1nc(CN(C(=O)c2ccc(F)cc2)c2ccccc2)c2c1CCN(S(=O)(=O)c1ccc(Cl)s1)C2. The number of aryl methyl sites for hydroxylation is 1. The third kappa shape index (κ3) is 4.69. The molecule has 7 nitrogen and oxygen atoms in total. The fraction of sp³-hybridized carbons (Fsp3) is 0.200. The molecule has 1 aliphatic rings. The molecular weight excluding hydrogens is 523 g/mol. The fourth-order valence-corrected chi connectivity index (χ4v) is 7.37. The van der Waals surface area contributed by atoms with Crippen molar-refractivity contribution < 1.29 is 17.6 Å². The molecule has 0 saturated carbocycles. The molecule has 2 aromatic heterocycles. The van der Waals surface area contributed by atoms with Crippen LogP contribution in [0.15, 0.2) is 70.9 Å². The van der Waals surface area contributed by atoms with Gasteiger partial charge in [0.2, 0.25) is 0 Å². The monoisotopic (exact) mass is 544 g/mol. The van der Waals surface area contributed by atoms with Crippen molar-refractivity contribution in [2.24, 2.45) is 7.05 Å². The number of carbonyl (C=O) groups is 1. The van der Waals surface area contributed by atoms with Gasteiger partial charge in [-0.3, -0.25) is 9.48 Å². The minimum atomic E-state index is -3.72. The number of benzene rings is 2. The number of aromatic nitrogens is 2. The van der Waals surface area contributed by atoms with Crippen molar-refractivity contribution in [3.63, 3.8) is 0 Å². The number of rotatable bonds is 6. The van der Waals surface area contributed by atoms with Gasteiger partial charge in [0, 0.05) is 49.1 Å². The maximum Gasteiger partial charge on any atom is 0.258 e. The predicted molar refractivity (Wildman–Crippen MR) is 137 cm³/mol. The van der Waals surface area contributed by atoms with Crippen LogP contribution in [0.2, 0.25) is 4.34 Å². The van der Waals surface area contributed by atoms with Gasteiger partial charge in [-0.15, -0.1) is 11.3 Å². The largest absolute Gasteiger partial charge is 0.302 e. The normalized spacial score (nSPS) is 14.0. The van der Waals surface area contributed by atoms with E-state index in [0.717, 1.165) is 22.6 Å². The summed E-state index contributed by atoms with van der Waals surface area (Å²) in [6, 6.07) is 17.6. The Bertz CT molecular complexity index is 1520. The number of nitrogens with zero attached hydrogens (tertiary/aromatic N) is 4. The van der Waals surface area contributed by atoms with Crippen molar-refractivity contribution in [1.82, 2.24) is 14.1 Å². The van der Waals surface area contributed by atoms with E-state index < -0.39 is 15.8 Å². The van der Waals surface area contributed by atoms with Gasteiger partial charge in [-0.05, 0) is 48.5 Å². The molecular formula is C25H22ClFN4O3S2. The van der Waals surface area contributed by atoms with Crippen LogP contribution in [-0.4, -0.2) is 35.0 Å². The van der Waals surface area contributed by atoms with E-state index in [1.807, 2.05) is 37.4 Å². The number of hydrogen-bond donors (Lipinski definition) is 0. The predicted octanol–water partition coefficient (Wildman–Crippen LogP) is 4.87. The van der Waals surface area contributed by atoms with Crippen molar-refractivity contribution in [3.8, 4) is 0 Å². The molecule has 5 rings (SSSR count). The number of carbonyl (C=O) groups excluding carboxylic acids is 1. The molecule has 1 amide bonds. The summed E-state index contributed by atoms with van der Waals surface area (Å²) in [5.41, 5.74) is 3.31. The molecule has 11 heteroatoms. The first kappa shape index (κ1) is 24.6. The average Bonchev–Trinajstić information content (AvgIpc) is 3.46. The van der Waals surface area contributed by atoms with Gasteiger partial charge in [-0.1, -0.05) is 29.8 Å². The highest BCUT2D eigenvalue weighted by atomic mass is 35.5. The molecule has 0 atom stereocenters. The van der Waals surface area contributed by atoms with Crippen LogP contribution in [0.25, 0.3) is 0 Å². The number of para-hydroxylation sites is 1. The molecule has 0 N–H and O–H groups in total. The van der Waals surface area contributed by atoms with E-state index in [-0.39, 0.29) is 23.2 Å². The maximum absolute atomic E-state index is 13.5. The standard InChI is InChI=1S/C25H22ClFN4O3S2/c1-29-22-13-14-30(36(33,34)24-12-11-23(26)35-24)15-20(22)21(28-29)16-31(19-5-3-2-4-6-19)25(32)17-7-9-18(27)10-8-17/h2-12H,13-16H2,1H3. The Morgan fingerprint density at radius 3 is 2.50 bits per heavy atom. The molecule has 186 valence electrons. The van der Waals surface area contributed by atoms with E-state index >= 15 is 0 Å². The summed E-state index contributed by atoms with van der Waals surface area (Å²) in [4.78, 5) is 15.1. The summed E-state index contributed by atoms with van der Waals surface area (Å²) >= 11 is 7.01. The summed E-state index contributed by atoms with van der Waals surface area (Å²) in [6.07, 6.45) is 0.494. The van der Waals surface area contributed by atoms with E-state index in [1.165, 1.54) is 34.6 Å². The number of fused-ring (bicyclic) bond motifs is 1. The van der Waals surface area contributed by atoms with Crippen LogP contribution in [0.5, 0.6) is 0 Å². The second kappa shape index (κ2) is 9.78. The number of amides is 1. The molecule has 0 aliphatic carbocycles. The molecule has 0 fully saturated rings. The van der Waals surface area contributed by atoms with E-state index in [9.17, 15) is 17.6 Å². The molecule has 0 saturated heterocycles. The number of halogens is 2. The topological polar surface area (TPSA) is 75.5 Å². The van der Waals surface area contributed by atoms with Crippen LogP contribution in [0.4, 0.5) is 10.1 Å². The molecule has 0 radical (unpaired) electrons. The number of thiophene rings is 1. The van der Waals surface area contributed by atoms with E-state index in [1.54, 1.807) is 15.6 Å². The van der Waals surface area contributed by atoms with Crippen molar-refractivity contribution in [2.45, 2.75) is 23.7 Å². The zero-order valence-corrected chi connectivity index (χ0v) is 21.7. The first-order chi connectivity index (χ1) is 17.2. The Morgan fingerprint density at radius 1 is 1.11 bits per heavy atom. The van der Waals surface area contributed by atoms with Gasteiger partial charge < -0.3 is 4.90 Å². The van der Waals surface area contributed by atoms with Gasteiger partial charge in [-0.2, -0.15) is 9.40 Å². The molecule has 0 spiro atoms. The summed E-state index contributed by atoms with van der Waals surface area (Å²) in [5, 5.41) is 4.66. The van der Waals surface area contributed by atoms with Gasteiger partial charge in [0.1, 0.15) is 10.0 Å². The van der Waals surface area contributed by atoms with Gasteiger partial charge in [0.25, 0.3) is 15.9 Å². The van der Waals surface area contributed by atoms with E-state index in [0.29, 0.717) is 34.2 Å². The van der Waals surface area contributed by atoms with Crippen molar-refractivity contribution >= 4 is 44.6 Å². The highest BCUT2D eigenvalue weighted by Gasteiger charge is 2.33. The number of hydrogen-bond acceptors (Lipinski definition) is 5. The Labute approximate surface area is 217 Å². The van der Waals surface area contributed by atoms with Gasteiger partial charge in [0.05, 0.1) is 16.6 Å². The Kier molecular flexibility index (Phi) is 6.69. The first-order valence-corrected chi connectivity index (χ1v) is 13.8. The van der Waals surface area contributed by atoms with Gasteiger partial charge in [0.15, 0.2) is 0 Å². The third-order valence-corrected chi connectivity index (χ3v) is 9.69. The third-order valence-electron chi connectivity index (χ3n) is 6.15.